The summed E-state index contributed by atoms with van der Waals surface area (Å²) in [4.78, 5) is 32.4. The number of hydrogen-bond donors (Lipinski definition) is 1. The van der Waals surface area contributed by atoms with Crippen LogP contribution in [0.25, 0.3) is 10.2 Å². The van der Waals surface area contributed by atoms with Gasteiger partial charge in [-0.05, 0) is 47.9 Å². The highest BCUT2D eigenvalue weighted by molar-refractivity contribution is 7.22. The van der Waals surface area contributed by atoms with Crippen LogP contribution in [0.2, 0.25) is 5.02 Å². The van der Waals surface area contributed by atoms with E-state index in [0.717, 1.165) is 16.7 Å². The minimum atomic E-state index is -0.845. The van der Waals surface area contributed by atoms with Crippen LogP contribution in [0, 0.1) is 0 Å². The molecule has 1 aliphatic rings. The number of Topliss-reactive ketones (excluding diaryl/α,β-unsaturated/α-hetero) is 1. The lowest BCUT2D eigenvalue weighted by Crippen LogP contribution is -2.30. The van der Waals surface area contributed by atoms with E-state index < -0.39 is 23.5 Å². The van der Waals surface area contributed by atoms with Crippen LogP contribution in [0.1, 0.15) is 34.6 Å². The van der Waals surface area contributed by atoms with E-state index in [0.29, 0.717) is 21.2 Å². The highest BCUT2D eigenvalue weighted by atomic mass is 35.5. The first kappa shape index (κ1) is 20.5. The molecule has 1 atom stereocenters. The predicted octanol–water partition coefficient (Wildman–Crippen LogP) is 5.89. The molecule has 2 aromatic carbocycles. The highest BCUT2D eigenvalue weighted by Gasteiger charge is 2.46. The van der Waals surface area contributed by atoms with Gasteiger partial charge < -0.3 is 9.52 Å². The summed E-state index contributed by atoms with van der Waals surface area (Å²) in [6.07, 6.45) is 2.23. The smallest absolute Gasteiger partial charge is 0.296 e. The molecule has 0 saturated carbocycles. The summed E-state index contributed by atoms with van der Waals surface area (Å²) in [7, 11) is 0. The molecule has 0 aliphatic carbocycles. The van der Waals surface area contributed by atoms with E-state index in [2.05, 4.69) is 4.98 Å². The number of nitrogens with zero attached hydrogens (tertiary/aromatic N) is 2. The van der Waals surface area contributed by atoms with E-state index >= 15 is 0 Å². The zero-order chi connectivity index (χ0) is 22.4. The van der Waals surface area contributed by atoms with Gasteiger partial charge in [0.15, 0.2) is 16.7 Å². The second-order valence-corrected chi connectivity index (χ2v) is 8.80. The number of fused-ring (bicyclic) bond motifs is 1. The van der Waals surface area contributed by atoms with Crippen molar-refractivity contribution in [2.75, 3.05) is 4.90 Å². The summed E-state index contributed by atoms with van der Waals surface area (Å²) in [5.74, 6) is -1.78. The molecular formula is C24H17ClN2O4S. The molecule has 1 aliphatic heterocycles. The van der Waals surface area contributed by atoms with Gasteiger partial charge in [0.05, 0.1) is 28.1 Å². The third kappa shape index (κ3) is 3.30. The van der Waals surface area contributed by atoms with Gasteiger partial charge in [0.2, 0.25) is 5.78 Å². The van der Waals surface area contributed by atoms with Gasteiger partial charge in [0.25, 0.3) is 5.91 Å². The van der Waals surface area contributed by atoms with Crippen LogP contribution in [0.5, 0.6) is 0 Å². The second kappa shape index (κ2) is 7.93. The van der Waals surface area contributed by atoms with E-state index in [1.165, 1.54) is 28.6 Å². The number of aliphatic hydroxyl groups is 1. The van der Waals surface area contributed by atoms with E-state index in [1.54, 1.807) is 24.3 Å². The average Bonchev–Trinajstić information content (AvgIpc) is 3.52. The molecule has 4 aromatic rings. The summed E-state index contributed by atoms with van der Waals surface area (Å²) in [6.45, 7) is 2.05. The van der Waals surface area contributed by atoms with Gasteiger partial charge in [-0.15, -0.1) is 0 Å². The predicted molar refractivity (Wildman–Crippen MR) is 123 cm³/mol. The first-order valence-corrected chi connectivity index (χ1v) is 11.2. The number of anilines is 1. The maximum atomic E-state index is 13.2. The molecule has 32 heavy (non-hydrogen) atoms. The standard InChI is InChI=1S/C24H17ClN2O4S/c1-2-13-5-7-14(8-6-13)20-19(21(28)17-4-3-11-31-17)22(29)23(30)27(20)24-26-16-10-9-15(25)12-18(16)32-24/h3-12,20,29H,2H2,1H3. The topological polar surface area (TPSA) is 83.6 Å². The van der Waals surface area contributed by atoms with Crippen molar-refractivity contribution in [3.63, 3.8) is 0 Å². The fourth-order valence-electron chi connectivity index (χ4n) is 3.82. The van der Waals surface area contributed by atoms with Crippen molar-refractivity contribution in [3.05, 3.63) is 94.1 Å². The molecule has 0 spiro atoms. The number of aryl methyl sites for hydroxylation is 1. The number of furan rings is 1. The van der Waals surface area contributed by atoms with Crippen LogP contribution in [0.3, 0.4) is 0 Å². The Morgan fingerprint density at radius 2 is 2.00 bits per heavy atom. The Labute approximate surface area is 192 Å². The summed E-state index contributed by atoms with van der Waals surface area (Å²) in [6, 6.07) is 15.1. The van der Waals surface area contributed by atoms with Gasteiger partial charge in [-0.1, -0.05) is 54.1 Å². The normalized spacial score (nSPS) is 16.4. The number of carbonyl (C=O) groups is 2. The Morgan fingerprint density at radius 1 is 1.22 bits per heavy atom. The largest absolute Gasteiger partial charge is 0.503 e. The molecule has 6 nitrogen and oxygen atoms in total. The maximum Gasteiger partial charge on any atom is 0.296 e. The highest BCUT2D eigenvalue weighted by Crippen LogP contribution is 2.44. The van der Waals surface area contributed by atoms with Gasteiger partial charge >= 0.3 is 0 Å². The lowest BCUT2D eigenvalue weighted by atomic mass is 9.94. The lowest BCUT2D eigenvalue weighted by Gasteiger charge is -2.24. The summed E-state index contributed by atoms with van der Waals surface area (Å²) >= 11 is 7.38. The lowest BCUT2D eigenvalue weighted by molar-refractivity contribution is -0.117. The monoisotopic (exact) mass is 464 g/mol. The van der Waals surface area contributed by atoms with Crippen molar-refractivity contribution >= 4 is 50.0 Å². The zero-order valence-electron chi connectivity index (χ0n) is 16.9. The number of aromatic nitrogens is 1. The Hall–Kier alpha value is -3.42. The van der Waals surface area contributed by atoms with Crippen LogP contribution >= 0.6 is 22.9 Å². The number of thiazole rings is 1. The Morgan fingerprint density at radius 3 is 2.69 bits per heavy atom. The van der Waals surface area contributed by atoms with Crippen molar-refractivity contribution in [1.82, 2.24) is 4.98 Å². The number of carbonyl (C=O) groups excluding carboxylic acids is 2. The van der Waals surface area contributed by atoms with Gasteiger partial charge in [-0.3, -0.25) is 14.5 Å². The van der Waals surface area contributed by atoms with Crippen molar-refractivity contribution in [3.8, 4) is 0 Å². The molecule has 1 amide bonds. The van der Waals surface area contributed by atoms with Crippen molar-refractivity contribution in [1.29, 1.82) is 0 Å². The molecule has 3 heterocycles. The van der Waals surface area contributed by atoms with E-state index in [-0.39, 0.29) is 11.3 Å². The van der Waals surface area contributed by atoms with E-state index in [9.17, 15) is 14.7 Å². The van der Waals surface area contributed by atoms with Crippen molar-refractivity contribution in [2.45, 2.75) is 19.4 Å². The first-order valence-electron chi connectivity index (χ1n) is 9.97. The minimum absolute atomic E-state index is 0.0357. The molecule has 0 fully saturated rings. The fraction of sp³-hybridized carbons (Fsp3) is 0.125. The maximum absolute atomic E-state index is 13.2. The Bertz CT molecular complexity index is 1370. The molecule has 160 valence electrons. The van der Waals surface area contributed by atoms with Gasteiger partial charge in [0.1, 0.15) is 0 Å². The van der Waals surface area contributed by atoms with E-state index in [1.807, 2.05) is 31.2 Å². The Kier molecular flexibility index (Phi) is 5.07. The van der Waals surface area contributed by atoms with Crippen LogP contribution in [-0.4, -0.2) is 21.8 Å². The van der Waals surface area contributed by atoms with Gasteiger partial charge in [-0.2, -0.15) is 0 Å². The molecule has 5 rings (SSSR count). The zero-order valence-corrected chi connectivity index (χ0v) is 18.5. The van der Waals surface area contributed by atoms with E-state index in [4.69, 9.17) is 16.0 Å². The van der Waals surface area contributed by atoms with Gasteiger partial charge in [0, 0.05) is 5.02 Å². The summed E-state index contributed by atoms with van der Waals surface area (Å²) in [5, 5.41) is 11.7. The first-order chi connectivity index (χ1) is 15.5. The number of amides is 1. The summed E-state index contributed by atoms with van der Waals surface area (Å²) < 4.78 is 6.06. The fourth-order valence-corrected chi connectivity index (χ4v) is 5.08. The number of halogens is 1. The molecule has 0 bridgehead atoms. The quantitative estimate of drug-likeness (QED) is 0.372. The molecule has 1 N–H and O–H groups in total. The third-order valence-electron chi connectivity index (χ3n) is 5.45. The minimum Gasteiger partial charge on any atom is -0.503 e. The number of ketones is 1. The number of aliphatic hydroxyl groups excluding tert-OH is 1. The Balaban J connectivity index is 1.67. The third-order valence-corrected chi connectivity index (χ3v) is 6.70. The molecule has 1 unspecified atom stereocenters. The molecule has 0 radical (unpaired) electrons. The van der Waals surface area contributed by atoms with Crippen LogP contribution < -0.4 is 4.90 Å². The molecule has 0 saturated heterocycles. The molecule has 8 heteroatoms. The molecular weight excluding hydrogens is 448 g/mol. The molecule has 2 aromatic heterocycles. The SMILES string of the molecule is CCc1ccc(C2C(C(=O)c3ccco3)=C(O)C(=O)N2c2nc3ccc(Cl)cc3s2)cc1. The summed E-state index contributed by atoms with van der Waals surface area (Å²) in [5.41, 5.74) is 2.44. The van der Waals surface area contributed by atoms with Crippen LogP contribution in [0.15, 0.2) is 76.6 Å². The van der Waals surface area contributed by atoms with Gasteiger partial charge in [-0.25, -0.2) is 4.98 Å². The van der Waals surface area contributed by atoms with Crippen molar-refractivity contribution in [2.24, 2.45) is 0 Å². The number of hydrogen-bond acceptors (Lipinski definition) is 6. The van der Waals surface area contributed by atoms with Crippen molar-refractivity contribution < 1.29 is 19.1 Å². The van der Waals surface area contributed by atoms with Crippen LogP contribution in [0.4, 0.5) is 5.13 Å². The number of benzene rings is 2. The average molecular weight is 465 g/mol. The van der Waals surface area contributed by atoms with Crippen LogP contribution in [-0.2, 0) is 11.2 Å². The number of rotatable bonds is 5. The second-order valence-electron chi connectivity index (χ2n) is 7.35.